The SMILES string of the molecule is CC1(C)CC(N2C[C@H](CO)OC2=O)CC(C)(C)C1. The topological polar surface area (TPSA) is 49.8 Å². The standard InChI is InChI=1S/C14H25NO3/c1-13(2)5-10(6-14(3,4)9-13)15-7-11(8-16)18-12(15)17/h10-11,16H,5-9H2,1-4H3/t11-/m1/s1. The van der Waals surface area contributed by atoms with Gasteiger partial charge in [0.2, 0.25) is 0 Å². The van der Waals surface area contributed by atoms with Gasteiger partial charge in [-0.1, -0.05) is 27.7 Å². The molecule has 18 heavy (non-hydrogen) atoms. The van der Waals surface area contributed by atoms with E-state index in [0.29, 0.717) is 6.54 Å². The zero-order chi connectivity index (χ0) is 13.6. The number of amides is 1. The molecule has 1 saturated carbocycles. The zero-order valence-electron chi connectivity index (χ0n) is 11.9. The van der Waals surface area contributed by atoms with Gasteiger partial charge in [0.1, 0.15) is 6.10 Å². The highest BCUT2D eigenvalue weighted by atomic mass is 16.6. The Morgan fingerprint density at radius 1 is 1.28 bits per heavy atom. The van der Waals surface area contributed by atoms with Crippen LogP contribution in [0.2, 0.25) is 0 Å². The minimum absolute atomic E-state index is 0.0816. The molecule has 4 nitrogen and oxygen atoms in total. The Hall–Kier alpha value is -0.770. The minimum atomic E-state index is -0.342. The van der Waals surface area contributed by atoms with Gasteiger partial charge in [-0.3, -0.25) is 0 Å². The number of aliphatic hydroxyl groups is 1. The average molecular weight is 255 g/mol. The zero-order valence-corrected chi connectivity index (χ0v) is 11.9. The second-order valence-electron chi connectivity index (χ2n) is 7.41. The van der Waals surface area contributed by atoms with Crippen molar-refractivity contribution in [2.45, 2.75) is 59.1 Å². The van der Waals surface area contributed by atoms with E-state index in [0.717, 1.165) is 12.8 Å². The molecule has 104 valence electrons. The van der Waals surface area contributed by atoms with Gasteiger partial charge in [-0.05, 0) is 30.1 Å². The number of ether oxygens (including phenoxy) is 1. The lowest BCUT2D eigenvalue weighted by atomic mass is 9.63. The molecule has 1 N–H and O–H groups in total. The summed E-state index contributed by atoms with van der Waals surface area (Å²) < 4.78 is 5.15. The Morgan fingerprint density at radius 3 is 2.28 bits per heavy atom. The summed E-state index contributed by atoms with van der Waals surface area (Å²) in [7, 11) is 0. The van der Waals surface area contributed by atoms with Crippen molar-refractivity contribution in [1.82, 2.24) is 4.90 Å². The van der Waals surface area contributed by atoms with Crippen LogP contribution >= 0.6 is 0 Å². The van der Waals surface area contributed by atoms with E-state index in [2.05, 4.69) is 27.7 Å². The maximum absolute atomic E-state index is 11.9. The molecule has 2 aliphatic rings. The number of rotatable bonds is 2. The summed E-state index contributed by atoms with van der Waals surface area (Å²) in [6.45, 7) is 9.53. The number of cyclic esters (lactones) is 1. The number of carbonyl (C=O) groups excluding carboxylic acids is 1. The van der Waals surface area contributed by atoms with Crippen molar-refractivity contribution in [2.24, 2.45) is 10.8 Å². The van der Waals surface area contributed by atoms with Gasteiger partial charge in [-0.2, -0.15) is 0 Å². The second kappa shape index (κ2) is 4.41. The highest BCUT2D eigenvalue weighted by Gasteiger charge is 2.44. The predicted molar refractivity (Wildman–Crippen MR) is 69.3 cm³/mol. The third kappa shape index (κ3) is 2.79. The number of carbonyl (C=O) groups is 1. The molecule has 0 aromatic heterocycles. The van der Waals surface area contributed by atoms with Crippen LogP contribution in [-0.2, 0) is 4.74 Å². The Labute approximate surface area is 109 Å². The monoisotopic (exact) mass is 255 g/mol. The molecule has 1 atom stereocenters. The fraction of sp³-hybridized carbons (Fsp3) is 0.929. The van der Waals surface area contributed by atoms with Crippen LogP contribution in [0, 0.1) is 10.8 Å². The van der Waals surface area contributed by atoms with Crippen molar-refractivity contribution >= 4 is 6.09 Å². The Bertz CT molecular complexity index is 322. The van der Waals surface area contributed by atoms with Crippen molar-refractivity contribution in [3.05, 3.63) is 0 Å². The first-order valence-corrected chi connectivity index (χ1v) is 6.81. The van der Waals surface area contributed by atoms with E-state index in [-0.39, 0.29) is 35.7 Å². The van der Waals surface area contributed by atoms with Crippen LogP contribution in [0.15, 0.2) is 0 Å². The first-order chi connectivity index (χ1) is 8.22. The molecule has 2 rings (SSSR count). The third-order valence-electron chi connectivity index (χ3n) is 4.08. The van der Waals surface area contributed by atoms with Gasteiger partial charge in [-0.15, -0.1) is 0 Å². The molecule has 1 aliphatic carbocycles. The molecule has 0 aromatic rings. The molecule has 1 amide bonds. The highest BCUT2D eigenvalue weighted by molar-refractivity contribution is 5.70. The maximum atomic E-state index is 11.9. The largest absolute Gasteiger partial charge is 0.442 e. The average Bonchev–Trinajstić information content (AvgIpc) is 2.55. The number of hydrogen-bond donors (Lipinski definition) is 1. The van der Waals surface area contributed by atoms with E-state index in [1.54, 1.807) is 0 Å². The summed E-state index contributed by atoms with van der Waals surface area (Å²) in [5.74, 6) is 0. The number of nitrogens with zero attached hydrogens (tertiary/aromatic N) is 1. The van der Waals surface area contributed by atoms with Gasteiger partial charge >= 0.3 is 6.09 Å². The highest BCUT2D eigenvalue weighted by Crippen LogP contribution is 2.47. The van der Waals surface area contributed by atoms with Crippen molar-refractivity contribution in [2.75, 3.05) is 13.2 Å². The first kappa shape index (κ1) is 13.7. The molecule has 2 fully saturated rings. The summed E-state index contributed by atoms with van der Waals surface area (Å²) in [6.07, 6.45) is 2.62. The summed E-state index contributed by atoms with van der Waals surface area (Å²) in [4.78, 5) is 13.7. The molecule has 0 spiro atoms. The molecular formula is C14H25NO3. The summed E-state index contributed by atoms with van der Waals surface area (Å²) in [6, 6.07) is 0.243. The van der Waals surface area contributed by atoms with Crippen LogP contribution < -0.4 is 0 Å². The molecule has 1 aliphatic heterocycles. The van der Waals surface area contributed by atoms with Crippen molar-refractivity contribution < 1.29 is 14.6 Å². The van der Waals surface area contributed by atoms with Crippen LogP contribution in [0.3, 0.4) is 0 Å². The lowest BCUT2D eigenvalue weighted by molar-refractivity contribution is 0.0434. The second-order valence-corrected chi connectivity index (χ2v) is 7.41. The van der Waals surface area contributed by atoms with Gasteiger partial charge in [-0.25, -0.2) is 4.79 Å². The minimum Gasteiger partial charge on any atom is -0.442 e. The summed E-state index contributed by atoms with van der Waals surface area (Å²) in [5, 5.41) is 9.10. The van der Waals surface area contributed by atoms with Crippen LogP contribution in [0.1, 0.15) is 47.0 Å². The van der Waals surface area contributed by atoms with E-state index in [4.69, 9.17) is 9.84 Å². The van der Waals surface area contributed by atoms with Crippen molar-refractivity contribution in [1.29, 1.82) is 0 Å². The van der Waals surface area contributed by atoms with Gasteiger partial charge in [0.15, 0.2) is 0 Å². The molecule has 0 unspecified atom stereocenters. The van der Waals surface area contributed by atoms with Gasteiger partial charge < -0.3 is 14.7 Å². The predicted octanol–water partition coefficient (Wildman–Crippen LogP) is 2.40. The fourth-order valence-corrected chi connectivity index (χ4v) is 3.94. The van der Waals surface area contributed by atoms with Crippen molar-refractivity contribution in [3.8, 4) is 0 Å². The first-order valence-electron chi connectivity index (χ1n) is 6.81. The van der Waals surface area contributed by atoms with E-state index in [1.165, 1.54) is 6.42 Å². The number of aliphatic hydroxyl groups excluding tert-OH is 1. The lowest BCUT2D eigenvalue weighted by Crippen LogP contribution is -2.47. The number of hydrogen-bond acceptors (Lipinski definition) is 3. The molecule has 4 heteroatoms. The van der Waals surface area contributed by atoms with Crippen LogP contribution in [0.4, 0.5) is 4.79 Å². The van der Waals surface area contributed by atoms with Gasteiger partial charge in [0, 0.05) is 6.04 Å². The quantitative estimate of drug-likeness (QED) is 0.824. The van der Waals surface area contributed by atoms with E-state index in [1.807, 2.05) is 4.90 Å². The Balaban J connectivity index is 2.11. The molecule has 1 heterocycles. The van der Waals surface area contributed by atoms with E-state index >= 15 is 0 Å². The van der Waals surface area contributed by atoms with Crippen LogP contribution in [0.5, 0.6) is 0 Å². The van der Waals surface area contributed by atoms with Crippen molar-refractivity contribution in [3.63, 3.8) is 0 Å². The van der Waals surface area contributed by atoms with E-state index in [9.17, 15) is 4.79 Å². The lowest BCUT2D eigenvalue weighted by Gasteiger charge is -2.47. The normalized spacial score (nSPS) is 31.5. The summed E-state index contributed by atoms with van der Waals surface area (Å²) in [5.41, 5.74) is 0.508. The Kier molecular flexibility index (Phi) is 3.34. The van der Waals surface area contributed by atoms with E-state index < -0.39 is 0 Å². The van der Waals surface area contributed by atoms with Crippen LogP contribution in [0.25, 0.3) is 0 Å². The molecule has 1 saturated heterocycles. The Morgan fingerprint density at radius 2 is 1.83 bits per heavy atom. The molecule has 0 bridgehead atoms. The summed E-state index contributed by atoms with van der Waals surface area (Å²) >= 11 is 0. The maximum Gasteiger partial charge on any atom is 0.410 e. The van der Waals surface area contributed by atoms with Gasteiger partial charge in [0.25, 0.3) is 0 Å². The van der Waals surface area contributed by atoms with Crippen LogP contribution in [-0.4, -0.2) is 41.4 Å². The fourth-order valence-electron chi connectivity index (χ4n) is 3.94. The molecule has 0 radical (unpaired) electrons. The molecular weight excluding hydrogens is 230 g/mol. The smallest absolute Gasteiger partial charge is 0.410 e. The van der Waals surface area contributed by atoms with Gasteiger partial charge in [0.05, 0.1) is 13.2 Å². The molecule has 0 aromatic carbocycles. The third-order valence-corrected chi connectivity index (χ3v) is 4.08.